The van der Waals surface area contributed by atoms with Gasteiger partial charge in [-0.15, -0.1) is 12.4 Å². The third-order valence-electron chi connectivity index (χ3n) is 4.45. The van der Waals surface area contributed by atoms with Gasteiger partial charge in [-0.25, -0.2) is 8.42 Å². The summed E-state index contributed by atoms with van der Waals surface area (Å²) in [5.41, 5.74) is 0. The monoisotopic (exact) mass is 435 g/mol. The molecule has 1 amide bonds. The predicted molar refractivity (Wildman–Crippen MR) is 110 cm³/mol. The van der Waals surface area contributed by atoms with Crippen molar-refractivity contribution in [1.82, 2.24) is 14.5 Å². The first-order valence-electron chi connectivity index (χ1n) is 9.27. The second kappa shape index (κ2) is 12.2. The van der Waals surface area contributed by atoms with E-state index >= 15 is 0 Å². The van der Waals surface area contributed by atoms with Gasteiger partial charge in [0.25, 0.3) is 5.91 Å². The van der Waals surface area contributed by atoms with Gasteiger partial charge in [0.15, 0.2) is 6.61 Å². The van der Waals surface area contributed by atoms with Crippen LogP contribution < -0.4 is 10.1 Å². The number of nitrogens with zero attached hydrogens (tertiary/aromatic N) is 2. The number of morpholine rings is 1. The van der Waals surface area contributed by atoms with Crippen LogP contribution >= 0.6 is 12.4 Å². The number of ether oxygens (including phenoxy) is 2. The Balaban J connectivity index is 0.00000392. The third kappa shape index (κ3) is 7.21. The zero-order valence-corrected chi connectivity index (χ0v) is 18.1. The van der Waals surface area contributed by atoms with Crippen molar-refractivity contribution in [2.45, 2.75) is 18.7 Å². The highest BCUT2D eigenvalue weighted by atomic mass is 35.5. The highest BCUT2D eigenvalue weighted by Crippen LogP contribution is 2.20. The van der Waals surface area contributed by atoms with Crippen LogP contribution in [0.1, 0.15) is 13.8 Å². The van der Waals surface area contributed by atoms with Crippen molar-refractivity contribution in [2.75, 3.05) is 59.1 Å². The molecule has 8 nitrogen and oxygen atoms in total. The maximum atomic E-state index is 12.5. The lowest BCUT2D eigenvalue weighted by Crippen LogP contribution is -2.40. The number of nitrogens with one attached hydrogen (secondary N) is 1. The molecule has 0 radical (unpaired) electrons. The lowest BCUT2D eigenvalue weighted by molar-refractivity contribution is -0.123. The molecule has 1 fully saturated rings. The van der Waals surface area contributed by atoms with E-state index in [0.29, 0.717) is 38.6 Å². The number of halogens is 1. The van der Waals surface area contributed by atoms with Crippen LogP contribution in [0.3, 0.4) is 0 Å². The van der Waals surface area contributed by atoms with E-state index in [2.05, 4.69) is 24.1 Å². The van der Waals surface area contributed by atoms with E-state index in [1.165, 1.54) is 16.4 Å². The number of hydrogen-bond acceptors (Lipinski definition) is 6. The first-order valence-corrected chi connectivity index (χ1v) is 10.7. The fraction of sp³-hybridized carbons (Fsp3) is 0.611. The molecule has 1 saturated heterocycles. The van der Waals surface area contributed by atoms with Gasteiger partial charge < -0.3 is 19.7 Å². The summed E-state index contributed by atoms with van der Waals surface area (Å²) in [5.74, 6) is 0.252. The molecule has 0 aromatic heterocycles. The minimum atomic E-state index is -3.52. The third-order valence-corrected chi connectivity index (χ3v) is 6.36. The summed E-state index contributed by atoms with van der Waals surface area (Å²) in [6.07, 6.45) is 0. The Morgan fingerprint density at radius 2 is 1.79 bits per heavy atom. The number of hydrogen-bond donors (Lipinski definition) is 1. The van der Waals surface area contributed by atoms with E-state index in [-0.39, 0.29) is 29.8 Å². The zero-order chi connectivity index (χ0) is 19.7. The molecular formula is C18H30ClN3O5S. The van der Waals surface area contributed by atoms with Gasteiger partial charge in [0.1, 0.15) is 5.75 Å². The lowest BCUT2D eigenvalue weighted by Gasteiger charge is -2.26. The van der Waals surface area contributed by atoms with Gasteiger partial charge in [0.2, 0.25) is 10.0 Å². The normalized spacial score (nSPS) is 15.1. The molecule has 1 aromatic carbocycles. The minimum Gasteiger partial charge on any atom is -0.484 e. The van der Waals surface area contributed by atoms with E-state index in [0.717, 1.165) is 19.6 Å². The van der Waals surface area contributed by atoms with E-state index < -0.39 is 10.0 Å². The van der Waals surface area contributed by atoms with Crippen LogP contribution in [0.15, 0.2) is 29.2 Å². The van der Waals surface area contributed by atoms with Crippen molar-refractivity contribution >= 4 is 28.3 Å². The second-order valence-corrected chi connectivity index (χ2v) is 8.09. The fourth-order valence-corrected chi connectivity index (χ4v) is 4.14. The van der Waals surface area contributed by atoms with Crippen molar-refractivity contribution in [3.05, 3.63) is 24.3 Å². The smallest absolute Gasteiger partial charge is 0.257 e. The molecule has 0 bridgehead atoms. The number of carbonyl (C=O) groups excluding carboxylic acids is 1. The van der Waals surface area contributed by atoms with Crippen LogP contribution in [0.2, 0.25) is 0 Å². The summed E-state index contributed by atoms with van der Waals surface area (Å²) in [7, 11) is -3.52. The Hall–Kier alpha value is -1.39. The molecule has 1 heterocycles. The van der Waals surface area contributed by atoms with Crippen molar-refractivity contribution in [1.29, 1.82) is 0 Å². The van der Waals surface area contributed by atoms with Crippen LogP contribution in [0, 0.1) is 0 Å². The summed E-state index contributed by atoms with van der Waals surface area (Å²) in [6.45, 7) is 8.84. The lowest BCUT2D eigenvalue weighted by atomic mass is 10.3. The summed E-state index contributed by atoms with van der Waals surface area (Å²) < 4.78 is 37.1. The van der Waals surface area contributed by atoms with Crippen molar-refractivity contribution in [2.24, 2.45) is 0 Å². The van der Waals surface area contributed by atoms with E-state index in [9.17, 15) is 13.2 Å². The molecule has 1 N–H and O–H groups in total. The Kier molecular flexibility index (Phi) is 10.8. The summed E-state index contributed by atoms with van der Waals surface area (Å²) in [4.78, 5) is 14.3. The zero-order valence-electron chi connectivity index (χ0n) is 16.4. The van der Waals surface area contributed by atoms with Gasteiger partial charge in [0, 0.05) is 26.2 Å². The average molecular weight is 436 g/mol. The number of benzene rings is 1. The van der Waals surface area contributed by atoms with Crippen LogP contribution in [0.4, 0.5) is 0 Å². The fourth-order valence-electron chi connectivity index (χ4n) is 2.74. The summed E-state index contributed by atoms with van der Waals surface area (Å²) >= 11 is 0. The highest BCUT2D eigenvalue weighted by molar-refractivity contribution is 7.89. The number of rotatable bonds is 10. The molecule has 28 heavy (non-hydrogen) atoms. The maximum absolute atomic E-state index is 12.5. The van der Waals surface area contributed by atoms with Gasteiger partial charge in [-0.05, 0) is 37.4 Å². The highest BCUT2D eigenvalue weighted by Gasteiger charge is 2.26. The van der Waals surface area contributed by atoms with E-state index in [4.69, 9.17) is 9.47 Å². The van der Waals surface area contributed by atoms with Crippen LogP contribution in [-0.4, -0.2) is 82.6 Å². The first kappa shape index (κ1) is 24.6. The van der Waals surface area contributed by atoms with Gasteiger partial charge in [-0.2, -0.15) is 4.31 Å². The molecule has 0 atom stereocenters. The molecule has 1 aliphatic heterocycles. The first-order chi connectivity index (χ1) is 13.0. The van der Waals surface area contributed by atoms with E-state index in [1.807, 2.05) is 0 Å². The Morgan fingerprint density at radius 1 is 1.18 bits per heavy atom. The molecule has 0 saturated carbocycles. The van der Waals surface area contributed by atoms with Gasteiger partial charge in [-0.3, -0.25) is 4.79 Å². The number of likely N-dealkylation sites (N-methyl/N-ethyl adjacent to an activating group) is 1. The molecular weight excluding hydrogens is 406 g/mol. The quantitative estimate of drug-likeness (QED) is 0.589. The predicted octanol–water partition coefficient (Wildman–Crippen LogP) is 0.966. The molecule has 1 aliphatic rings. The van der Waals surface area contributed by atoms with Gasteiger partial charge in [-0.1, -0.05) is 13.8 Å². The van der Waals surface area contributed by atoms with Crippen molar-refractivity contribution < 1.29 is 22.7 Å². The molecule has 1 aromatic rings. The number of sulfonamides is 1. The van der Waals surface area contributed by atoms with Crippen LogP contribution in [0.5, 0.6) is 5.75 Å². The average Bonchev–Trinajstić information content (AvgIpc) is 2.70. The second-order valence-electron chi connectivity index (χ2n) is 6.15. The van der Waals surface area contributed by atoms with E-state index in [1.54, 1.807) is 12.1 Å². The maximum Gasteiger partial charge on any atom is 0.257 e. The topological polar surface area (TPSA) is 88.2 Å². The molecule has 160 valence electrons. The van der Waals surface area contributed by atoms with Gasteiger partial charge >= 0.3 is 0 Å². The minimum absolute atomic E-state index is 0. The standard InChI is InChI=1S/C18H29N3O5S.ClH/c1-3-20(4-2)10-9-19-18(22)15-26-16-5-7-17(8-6-16)27(23,24)21-11-13-25-14-12-21;/h5-8H,3-4,9-15H2,1-2H3,(H,19,22);1H. The van der Waals surface area contributed by atoms with Crippen molar-refractivity contribution in [3.63, 3.8) is 0 Å². The van der Waals surface area contributed by atoms with Gasteiger partial charge in [0.05, 0.1) is 18.1 Å². The van der Waals surface area contributed by atoms with Crippen LogP contribution in [0.25, 0.3) is 0 Å². The summed E-state index contributed by atoms with van der Waals surface area (Å²) in [5, 5.41) is 2.81. The van der Waals surface area contributed by atoms with Crippen molar-refractivity contribution in [3.8, 4) is 5.75 Å². The Morgan fingerprint density at radius 3 is 2.36 bits per heavy atom. The molecule has 0 unspecified atom stereocenters. The molecule has 0 spiro atoms. The molecule has 0 aliphatic carbocycles. The van der Waals surface area contributed by atoms with Crippen LogP contribution in [-0.2, 0) is 19.6 Å². The largest absolute Gasteiger partial charge is 0.484 e. The SMILES string of the molecule is CCN(CC)CCNC(=O)COc1ccc(S(=O)(=O)N2CCOCC2)cc1.Cl. The number of amides is 1. The molecule has 2 rings (SSSR count). The molecule has 10 heteroatoms. The summed E-state index contributed by atoms with van der Waals surface area (Å²) in [6, 6.07) is 6.13. The Bertz CT molecular complexity index is 690. The number of carbonyl (C=O) groups is 1. The Labute approximate surface area is 173 Å².